The van der Waals surface area contributed by atoms with Gasteiger partial charge in [0.1, 0.15) is 0 Å². The van der Waals surface area contributed by atoms with Crippen LogP contribution in [0.2, 0.25) is 0 Å². The minimum atomic E-state index is -1.10. The number of aliphatic hydroxyl groups excluding tert-OH is 1. The lowest BCUT2D eigenvalue weighted by Gasteiger charge is -2.02. The standard InChI is InChI=1S/C10H21BrO2/c11-9-7-5-3-1-2-4-6-8-10(12)13/h10,12-13H,1-9H2. The molecule has 0 radical (unpaired) electrons. The number of hydrogen-bond acceptors (Lipinski definition) is 2. The normalized spacial score (nSPS) is 11.1. The molecule has 2 nitrogen and oxygen atoms in total. The van der Waals surface area contributed by atoms with Crippen molar-refractivity contribution in [2.45, 2.75) is 57.7 Å². The molecule has 0 saturated carbocycles. The van der Waals surface area contributed by atoms with Crippen molar-refractivity contribution in [1.82, 2.24) is 0 Å². The summed E-state index contributed by atoms with van der Waals surface area (Å²) in [6.45, 7) is 0. The summed E-state index contributed by atoms with van der Waals surface area (Å²) < 4.78 is 0. The van der Waals surface area contributed by atoms with E-state index in [1.807, 2.05) is 0 Å². The predicted molar refractivity (Wildman–Crippen MR) is 59.0 cm³/mol. The SMILES string of the molecule is OC(O)CCCCCCCCCBr. The molecule has 0 bridgehead atoms. The first kappa shape index (κ1) is 13.4. The van der Waals surface area contributed by atoms with Crippen LogP contribution in [0, 0.1) is 0 Å². The number of aliphatic hydroxyl groups is 2. The summed E-state index contributed by atoms with van der Waals surface area (Å²) in [5.74, 6) is 0. The van der Waals surface area contributed by atoms with Crippen molar-refractivity contribution in [2.24, 2.45) is 0 Å². The van der Waals surface area contributed by atoms with Crippen LogP contribution >= 0.6 is 15.9 Å². The van der Waals surface area contributed by atoms with Crippen LogP contribution in [0.1, 0.15) is 51.4 Å². The van der Waals surface area contributed by atoms with Gasteiger partial charge in [-0.25, -0.2) is 0 Å². The first-order valence-electron chi connectivity index (χ1n) is 5.19. The van der Waals surface area contributed by atoms with Crippen molar-refractivity contribution in [3.63, 3.8) is 0 Å². The van der Waals surface area contributed by atoms with E-state index in [2.05, 4.69) is 15.9 Å². The Morgan fingerprint density at radius 2 is 1.23 bits per heavy atom. The Kier molecular flexibility index (Phi) is 10.8. The molecule has 0 aliphatic carbocycles. The van der Waals surface area contributed by atoms with Gasteiger partial charge in [-0.2, -0.15) is 0 Å². The average Bonchev–Trinajstić information content (AvgIpc) is 2.09. The summed E-state index contributed by atoms with van der Waals surface area (Å²) >= 11 is 3.40. The first-order valence-corrected chi connectivity index (χ1v) is 6.31. The van der Waals surface area contributed by atoms with Crippen LogP contribution in [-0.4, -0.2) is 21.8 Å². The lowest BCUT2D eigenvalue weighted by Crippen LogP contribution is -2.02. The van der Waals surface area contributed by atoms with Gasteiger partial charge < -0.3 is 10.2 Å². The fourth-order valence-corrected chi connectivity index (χ4v) is 1.70. The van der Waals surface area contributed by atoms with Gasteiger partial charge in [-0.15, -0.1) is 0 Å². The summed E-state index contributed by atoms with van der Waals surface area (Å²) in [5.41, 5.74) is 0. The zero-order valence-corrected chi connectivity index (χ0v) is 9.80. The van der Waals surface area contributed by atoms with E-state index in [1.165, 1.54) is 32.1 Å². The quantitative estimate of drug-likeness (QED) is 0.377. The molecule has 0 aromatic carbocycles. The van der Waals surface area contributed by atoms with Crippen molar-refractivity contribution in [1.29, 1.82) is 0 Å². The van der Waals surface area contributed by atoms with E-state index < -0.39 is 6.29 Å². The third-order valence-electron chi connectivity index (χ3n) is 2.10. The van der Waals surface area contributed by atoms with Gasteiger partial charge in [0.25, 0.3) is 0 Å². The third kappa shape index (κ3) is 12.4. The Hall–Kier alpha value is 0.400. The number of hydrogen-bond donors (Lipinski definition) is 2. The molecule has 0 heterocycles. The Bertz CT molecular complexity index is 96.9. The molecule has 0 amide bonds. The molecule has 0 saturated heterocycles. The Morgan fingerprint density at radius 3 is 1.69 bits per heavy atom. The second-order valence-corrected chi connectivity index (χ2v) is 4.23. The monoisotopic (exact) mass is 252 g/mol. The van der Waals surface area contributed by atoms with Gasteiger partial charge in [0, 0.05) is 5.33 Å². The molecule has 0 aliphatic rings. The molecule has 0 fully saturated rings. The summed E-state index contributed by atoms with van der Waals surface area (Å²) in [6.07, 6.45) is 7.91. The predicted octanol–water partition coefficient (Wildman–Crippen LogP) is 2.81. The molecule has 0 rings (SSSR count). The second kappa shape index (κ2) is 10.5. The third-order valence-corrected chi connectivity index (χ3v) is 2.66. The highest BCUT2D eigenvalue weighted by atomic mass is 79.9. The molecule has 0 aliphatic heterocycles. The van der Waals surface area contributed by atoms with Gasteiger partial charge >= 0.3 is 0 Å². The van der Waals surface area contributed by atoms with Gasteiger partial charge in [-0.1, -0.05) is 48.0 Å². The fourth-order valence-electron chi connectivity index (χ4n) is 1.31. The Morgan fingerprint density at radius 1 is 0.769 bits per heavy atom. The van der Waals surface area contributed by atoms with E-state index in [9.17, 15) is 0 Å². The molecule has 13 heavy (non-hydrogen) atoms. The molecule has 0 unspecified atom stereocenters. The van der Waals surface area contributed by atoms with Gasteiger partial charge in [-0.05, 0) is 19.3 Å². The highest BCUT2D eigenvalue weighted by Crippen LogP contribution is 2.09. The first-order chi connectivity index (χ1) is 6.27. The van der Waals surface area contributed by atoms with Crippen LogP contribution in [0.4, 0.5) is 0 Å². The Balaban J connectivity index is 2.84. The highest BCUT2D eigenvalue weighted by Gasteiger charge is 1.96. The van der Waals surface area contributed by atoms with E-state index in [0.29, 0.717) is 6.42 Å². The van der Waals surface area contributed by atoms with Crippen molar-refractivity contribution in [3.8, 4) is 0 Å². The number of alkyl halides is 1. The lowest BCUT2D eigenvalue weighted by atomic mass is 10.1. The number of rotatable bonds is 9. The largest absolute Gasteiger partial charge is 0.368 e. The van der Waals surface area contributed by atoms with E-state index in [1.54, 1.807) is 0 Å². The molecule has 0 atom stereocenters. The summed E-state index contributed by atoms with van der Waals surface area (Å²) in [7, 11) is 0. The highest BCUT2D eigenvalue weighted by molar-refractivity contribution is 9.09. The van der Waals surface area contributed by atoms with Crippen molar-refractivity contribution >= 4 is 15.9 Å². The van der Waals surface area contributed by atoms with Crippen LogP contribution in [0.15, 0.2) is 0 Å². The van der Waals surface area contributed by atoms with Gasteiger partial charge in [0.05, 0.1) is 0 Å². The van der Waals surface area contributed by atoms with Crippen molar-refractivity contribution in [2.75, 3.05) is 5.33 Å². The van der Waals surface area contributed by atoms with Gasteiger partial charge in [0.15, 0.2) is 6.29 Å². The average molecular weight is 253 g/mol. The molecule has 0 aromatic heterocycles. The van der Waals surface area contributed by atoms with E-state index in [-0.39, 0.29) is 0 Å². The molecule has 2 N–H and O–H groups in total. The Labute approximate surface area is 89.5 Å². The van der Waals surface area contributed by atoms with E-state index in [0.717, 1.165) is 18.2 Å². The maximum absolute atomic E-state index is 8.58. The molecule has 80 valence electrons. The van der Waals surface area contributed by atoms with Gasteiger partial charge in [0.2, 0.25) is 0 Å². The zero-order chi connectivity index (χ0) is 9.94. The van der Waals surface area contributed by atoms with E-state index in [4.69, 9.17) is 10.2 Å². The van der Waals surface area contributed by atoms with Crippen molar-refractivity contribution in [3.05, 3.63) is 0 Å². The zero-order valence-electron chi connectivity index (χ0n) is 8.21. The summed E-state index contributed by atoms with van der Waals surface area (Å²) in [4.78, 5) is 0. The van der Waals surface area contributed by atoms with Crippen LogP contribution < -0.4 is 0 Å². The number of halogens is 1. The van der Waals surface area contributed by atoms with Crippen molar-refractivity contribution < 1.29 is 10.2 Å². The molecular formula is C10H21BrO2. The van der Waals surface area contributed by atoms with Crippen LogP contribution in [-0.2, 0) is 0 Å². The summed E-state index contributed by atoms with van der Waals surface area (Å²) in [5, 5.41) is 18.3. The molecule has 3 heteroatoms. The van der Waals surface area contributed by atoms with E-state index >= 15 is 0 Å². The van der Waals surface area contributed by atoms with Crippen LogP contribution in [0.3, 0.4) is 0 Å². The van der Waals surface area contributed by atoms with Gasteiger partial charge in [-0.3, -0.25) is 0 Å². The molecule has 0 aromatic rings. The number of unbranched alkanes of at least 4 members (excludes halogenated alkanes) is 6. The minimum Gasteiger partial charge on any atom is -0.368 e. The smallest absolute Gasteiger partial charge is 0.151 e. The fraction of sp³-hybridized carbons (Fsp3) is 1.00. The maximum Gasteiger partial charge on any atom is 0.151 e. The lowest BCUT2D eigenvalue weighted by molar-refractivity contribution is -0.0466. The summed E-state index contributed by atoms with van der Waals surface area (Å²) in [6, 6.07) is 0. The molecule has 0 spiro atoms. The van der Waals surface area contributed by atoms with Crippen LogP contribution in [0.5, 0.6) is 0 Å². The second-order valence-electron chi connectivity index (χ2n) is 3.43. The topological polar surface area (TPSA) is 40.5 Å². The minimum absolute atomic E-state index is 0.529. The molecular weight excluding hydrogens is 232 g/mol. The maximum atomic E-state index is 8.58. The van der Waals surface area contributed by atoms with Crippen LogP contribution in [0.25, 0.3) is 0 Å².